The highest BCUT2D eigenvalue weighted by molar-refractivity contribution is 6.01. The van der Waals surface area contributed by atoms with Crippen molar-refractivity contribution in [1.29, 1.82) is 0 Å². The summed E-state index contributed by atoms with van der Waals surface area (Å²) < 4.78 is 26.0. The zero-order valence-corrected chi connectivity index (χ0v) is 11.9. The van der Waals surface area contributed by atoms with Crippen LogP contribution in [0.25, 0.3) is 0 Å². The van der Waals surface area contributed by atoms with E-state index in [4.69, 9.17) is 4.84 Å². The molecule has 0 aromatic heterocycles. The lowest BCUT2D eigenvalue weighted by Gasteiger charge is -2.09. The second-order valence-corrected chi connectivity index (χ2v) is 5.24. The SMILES string of the molecule is Fc1ccc(C2=NOC(CNCc3cccc(F)c3)C2)cc1. The minimum atomic E-state index is -0.267. The zero-order chi connectivity index (χ0) is 15.4. The largest absolute Gasteiger partial charge is 0.390 e. The molecule has 114 valence electrons. The Kier molecular flexibility index (Phi) is 4.44. The molecule has 22 heavy (non-hydrogen) atoms. The number of benzene rings is 2. The van der Waals surface area contributed by atoms with Crippen LogP contribution in [-0.4, -0.2) is 18.4 Å². The number of rotatable bonds is 5. The number of halogens is 2. The van der Waals surface area contributed by atoms with Gasteiger partial charge in [-0.05, 0) is 35.4 Å². The normalized spacial score (nSPS) is 17.2. The topological polar surface area (TPSA) is 33.6 Å². The minimum Gasteiger partial charge on any atom is -0.390 e. The molecule has 1 atom stereocenters. The van der Waals surface area contributed by atoms with Crippen molar-refractivity contribution in [3.8, 4) is 0 Å². The summed E-state index contributed by atoms with van der Waals surface area (Å²) in [5.41, 5.74) is 2.57. The summed E-state index contributed by atoms with van der Waals surface area (Å²) in [5, 5.41) is 7.28. The van der Waals surface area contributed by atoms with E-state index in [0.29, 0.717) is 19.5 Å². The van der Waals surface area contributed by atoms with Gasteiger partial charge in [-0.3, -0.25) is 0 Å². The maximum atomic E-state index is 13.1. The van der Waals surface area contributed by atoms with Crippen molar-refractivity contribution in [3.63, 3.8) is 0 Å². The predicted molar refractivity (Wildman–Crippen MR) is 80.5 cm³/mol. The van der Waals surface area contributed by atoms with Gasteiger partial charge in [-0.15, -0.1) is 0 Å². The van der Waals surface area contributed by atoms with Crippen molar-refractivity contribution in [2.24, 2.45) is 5.16 Å². The molecule has 3 nitrogen and oxygen atoms in total. The highest BCUT2D eigenvalue weighted by atomic mass is 19.1. The molecule has 0 fully saturated rings. The van der Waals surface area contributed by atoms with Gasteiger partial charge in [0.15, 0.2) is 0 Å². The van der Waals surface area contributed by atoms with Crippen molar-refractivity contribution in [3.05, 3.63) is 71.3 Å². The third-order valence-electron chi connectivity index (χ3n) is 3.50. The van der Waals surface area contributed by atoms with Gasteiger partial charge in [0.25, 0.3) is 0 Å². The summed E-state index contributed by atoms with van der Waals surface area (Å²) in [4.78, 5) is 5.37. The van der Waals surface area contributed by atoms with Crippen LogP contribution < -0.4 is 5.32 Å². The van der Waals surface area contributed by atoms with Gasteiger partial charge in [-0.25, -0.2) is 8.78 Å². The van der Waals surface area contributed by atoms with Gasteiger partial charge in [0.05, 0.1) is 5.71 Å². The van der Waals surface area contributed by atoms with E-state index in [-0.39, 0.29) is 17.7 Å². The van der Waals surface area contributed by atoms with Crippen LogP contribution in [0.4, 0.5) is 8.78 Å². The van der Waals surface area contributed by atoms with Crippen LogP contribution in [0.15, 0.2) is 53.7 Å². The van der Waals surface area contributed by atoms with Crippen LogP contribution in [0.3, 0.4) is 0 Å². The predicted octanol–water partition coefficient (Wildman–Crippen LogP) is 3.25. The molecule has 2 aromatic carbocycles. The lowest BCUT2D eigenvalue weighted by Crippen LogP contribution is -2.26. The number of nitrogens with zero attached hydrogens (tertiary/aromatic N) is 1. The first-order chi connectivity index (χ1) is 10.7. The molecule has 0 spiro atoms. The Balaban J connectivity index is 1.47. The van der Waals surface area contributed by atoms with Gasteiger partial charge >= 0.3 is 0 Å². The average molecular weight is 302 g/mol. The first-order valence-corrected chi connectivity index (χ1v) is 7.14. The number of hydrogen-bond donors (Lipinski definition) is 1. The van der Waals surface area contributed by atoms with Crippen LogP contribution in [0, 0.1) is 11.6 Å². The van der Waals surface area contributed by atoms with Crippen molar-refractivity contribution >= 4 is 5.71 Å². The van der Waals surface area contributed by atoms with Crippen molar-refractivity contribution in [2.45, 2.75) is 19.1 Å². The number of oxime groups is 1. The smallest absolute Gasteiger partial charge is 0.145 e. The standard InChI is InChI=1S/C17H16F2N2O/c18-14-6-4-13(5-7-14)17-9-16(22-21-17)11-20-10-12-2-1-3-15(19)8-12/h1-8,16,20H,9-11H2. The Hall–Kier alpha value is -2.27. The molecule has 1 heterocycles. The highest BCUT2D eigenvalue weighted by Crippen LogP contribution is 2.16. The van der Waals surface area contributed by atoms with Crippen LogP contribution >= 0.6 is 0 Å². The van der Waals surface area contributed by atoms with E-state index in [1.54, 1.807) is 18.2 Å². The van der Waals surface area contributed by atoms with E-state index < -0.39 is 0 Å². The molecule has 1 N–H and O–H groups in total. The quantitative estimate of drug-likeness (QED) is 0.920. The summed E-state index contributed by atoms with van der Waals surface area (Å²) in [6, 6.07) is 12.7. The van der Waals surface area contributed by atoms with E-state index in [1.165, 1.54) is 24.3 Å². The second-order valence-electron chi connectivity index (χ2n) is 5.24. The van der Waals surface area contributed by atoms with E-state index in [2.05, 4.69) is 10.5 Å². The van der Waals surface area contributed by atoms with Crippen molar-refractivity contribution in [1.82, 2.24) is 5.32 Å². The molecule has 0 amide bonds. The molecule has 5 heteroatoms. The van der Waals surface area contributed by atoms with Gasteiger partial charge in [0.2, 0.25) is 0 Å². The fourth-order valence-electron chi connectivity index (χ4n) is 2.38. The summed E-state index contributed by atoms with van der Waals surface area (Å²) in [7, 11) is 0. The molecular weight excluding hydrogens is 286 g/mol. The number of hydrogen-bond acceptors (Lipinski definition) is 3. The molecule has 1 aliphatic rings. The van der Waals surface area contributed by atoms with Gasteiger partial charge in [0, 0.05) is 19.5 Å². The molecule has 1 aliphatic heterocycles. The fraction of sp³-hybridized carbons (Fsp3) is 0.235. The summed E-state index contributed by atoms with van der Waals surface area (Å²) >= 11 is 0. The van der Waals surface area contributed by atoms with Gasteiger partial charge < -0.3 is 10.2 Å². The molecule has 0 saturated carbocycles. The molecule has 0 aliphatic carbocycles. The van der Waals surface area contributed by atoms with Crippen LogP contribution in [0.2, 0.25) is 0 Å². The molecule has 0 radical (unpaired) electrons. The van der Waals surface area contributed by atoms with Gasteiger partial charge in [0.1, 0.15) is 17.7 Å². The first kappa shape index (κ1) is 14.7. The summed E-state index contributed by atoms with van der Waals surface area (Å²) in [5.74, 6) is -0.505. The van der Waals surface area contributed by atoms with Crippen LogP contribution in [0.1, 0.15) is 17.5 Å². The lowest BCUT2D eigenvalue weighted by molar-refractivity contribution is 0.0848. The average Bonchev–Trinajstić information content (AvgIpc) is 2.97. The molecule has 1 unspecified atom stereocenters. The zero-order valence-electron chi connectivity index (χ0n) is 11.9. The molecular formula is C17H16F2N2O. The Labute approximate surface area is 127 Å². The minimum absolute atomic E-state index is 0.0615. The fourth-order valence-corrected chi connectivity index (χ4v) is 2.38. The van der Waals surface area contributed by atoms with Crippen molar-refractivity contribution in [2.75, 3.05) is 6.54 Å². The maximum absolute atomic E-state index is 13.1. The van der Waals surface area contributed by atoms with Gasteiger partial charge in [-0.1, -0.05) is 29.4 Å². The van der Waals surface area contributed by atoms with Crippen LogP contribution in [-0.2, 0) is 11.4 Å². The van der Waals surface area contributed by atoms with Crippen molar-refractivity contribution < 1.29 is 13.6 Å². The lowest BCUT2D eigenvalue weighted by atomic mass is 10.1. The second kappa shape index (κ2) is 6.66. The maximum Gasteiger partial charge on any atom is 0.145 e. The third kappa shape index (κ3) is 3.68. The monoisotopic (exact) mass is 302 g/mol. The van der Waals surface area contributed by atoms with E-state index in [9.17, 15) is 8.78 Å². The highest BCUT2D eigenvalue weighted by Gasteiger charge is 2.21. The molecule has 0 saturated heterocycles. The first-order valence-electron chi connectivity index (χ1n) is 7.14. The third-order valence-corrected chi connectivity index (χ3v) is 3.50. The van der Waals surface area contributed by atoms with E-state index in [0.717, 1.165) is 16.8 Å². The van der Waals surface area contributed by atoms with Gasteiger partial charge in [-0.2, -0.15) is 0 Å². The Bertz CT molecular complexity index is 671. The molecule has 3 rings (SSSR count). The molecule has 0 bridgehead atoms. The van der Waals surface area contributed by atoms with Crippen LogP contribution in [0.5, 0.6) is 0 Å². The Morgan fingerprint density at radius 2 is 1.91 bits per heavy atom. The Morgan fingerprint density at radius 3 is 2.68 bits per heavy atom. The summed E-state index contributed by atoms with van der Waals surface area (Å²) in [6.07, 6.45) is 0.607. The van der Waals surface area contributed by atoms with E-state index in [1.807, 2.05) is 6.07 Å². The molecule has 2 aromatic rings. The van der Waals surface area contributed by atoms with E-state index >= 15 is 0 Å². The Morgan fingerprint density at radius 1 is 1.09 bits per heavy atom. The summed E-state index contributed by atoms with van der Waals surface area (Å²) in [6.45, 7) is 1.19. The number of nitrogens with one attached hydrogen (secondary N) is 1.